The number of benzene rings is 1. The monoisotopic (exact) mass is 1180 g/mol. The molecule has 1 aliphatic carbocycles. The first kappa shape index (κ1) is 71.1. The molecule has 1 saturated carbocycles. The van der Waals surface area contributed by atoms with Gasteiger partial charge in [-0.15, -0.1) is 0 Å². The zero-order valence-electron chi connectivity index (χ0n) is 44.1. The summed E-state index contributed by atoms with van der Waals surface area (Å²) in [7, 11) is 9.87. The van der Waals surface area contributed by atoms with Crippen LogP contribution in [0.25, 0.3) is 0 Å². The van der Waals surface area contributed by atoms with Crippen LogP contribution in [0.3, 0.4) is 0 Å². The standard InChI is InChI=1S/C34H55Cl2N5O5.C8H11F3O.C6H10F2N2O.CH3.Cs/c1-11-29(32(44)38(6)18-14-13-15-24(5)39(7)31(43)12-2)40(8)33(45)30(21-25-20-26(35)16-17-27(25)36)41(9,10)34(46)28(37-22-42)19-23(3)4;9-8(10,11)7(6-12)4-2-1-3-5-7;1-10-3-6(7,8)2-4(10)5(9)11;;/h12,16-17,20,22-24,28-30H,11,13-15,18-19,21H2,1-10H3,(H,37,42);6H,1-5H2;4H,2-3H2,1H3,(H2,9,11);1H3;/q;;;-1;+1/t24?,28-,29?,30-;;;;/m0..../s1. The molecule has 22 heteroatoms. The van der Waals surface area contributed by atoms with Crippen molar-refractivity contribution in [3.05, 3.63) is 47.7 Å². The van der Waals surface area contributed by atoms with E-state index in [1.165, 1.54) is 16.8 Å². The maximum atomic E-state index is 14.4. The predicted octanol–water partition coefficient (Wildman–Crippen LogP) is 4.57. The van der Waals surface area contributed by atoms with Gasteiger partial charge in [-0.3, -0.25) is 28.6 Å². The van der Waals surface area contributed by atoms with E-state index in [-0.39, 0.29) is 143 Å². The summed E-state index contributed by atoms with van der Waals surface area (Å²) in [6.45, 7) is 9.60. The number of likely N-dealkylation sites (N-methyl/N-ethyl adjacent to an activating group) is 4. The van der Waals surface area contributed by atoms with Crippen molar-refractivity contribution < 1.29 is 129 Å². The molecule has 5 atom stereocenters. The maximum absolute atomic E-state index is 14.4. The van der Waals surface area contributed by atoms with Gasteiger partial charge in [-0.1, -0.05) is 63.2 Å². The molecule has 0 bridgehead atoms. The number of aldehydes is 1. The summed E-state index contributed by atoms with van der Waals surface area (Å²) < 4.78 is 61.8. The van der Waals surface area contributed by atoms with Crippen LogP contribution in [0.1, 0.15) is 111 Å². The van der Waals surface area contributed by atoms with Gasteiger partial charge in [0.2, 0.25) is 18.2 Å². The fourth-order valence-corrected chi connectivity index (χ4v) is 8.96. The number of likely N-dealkylation sites (tertiary alicyclic amines) is 1. The van der Waals surface area contributed by atoms with E-state index in [9.17, 15) is 55.5 Å². The topological polar surface area (TPSA) is 170 Å². The molecule has 71 heavy (non-hydrogen) atoms. The molecule has 402 valence electrons. The molecule has 1 aliphatic heterocycles. The zero-order valence-corrected chi connectivity index (χ0v) is 51.9. The first-order valence-electron chi connectivity index (χ1n) is 23.4. The minimum Gasteiger partial charge on any atom is -0.368 e. The van der Waals surface area contributed by atoms with Crippen LogP contribution in [-0.4, -0.2) is 164 Å². The number of amides is 6. The van der Waals surface area contributed by atoms with Crippen molar-refractivity contribution in [2.75, 3.05) is 55.4 Å². The fraction of sp³-hybridized carbons (Fsp3) is 0.694. The minimum atomic E-state index is -4.35. The number of quaternary nitrogens is 1. The van der Waals surface area contributed by atoms with Gasteiger partial charge in [0.15, 0.2) is 6.04 Å². The molecule has 1 aromatic rings. The Bertz CT molecular complexity index is 1880. The quantitative estimate of drug-likeness (QED) is 0.0594. The molecular weight excluding hydrogens is 1100 g/mol. The number of carbonyl (C=O) groups excluding carboxylic acids is 7. The number of rotatable bonds is 21. The van der Waals surface area contributed by atoms with Crippen molar-refractivity contribution in [3.8, 4) is 0 Å². The van der Waals surface area contributed by atoms with Gasteiger partial charge in [0, 0.05) is 56.6 Å². The second-order valence-electron chi connectivity index (χ2n) is 19.2. The average Bonchev–Trinajstić information content (AvgIpc) is 3.58. The second-order valence-corrected chi connectivity index (χ2v) is 20.1. The number of hydrogen-bond donors (Lipinski definition) is 2. The van der Waals surface area contributed by atoms with Crippen LogP contribution in [0.2, 0.25) is 10.0 Å². The van der Waals surface area contributed by atoms with Gasteiger partial charge in [-0.25, -0.2) is 13.6 Å². The van der Waals surface area contributed by atoms with E-state index in [0.717, 1.165) is 25.7 Å². The first-order valence-corrected chi connectivity index (χ1v) is 24.1. The summed E-state index contributed by atoms with van der Waals surface area (Å²) >= 11 is 12.8. The molecular formula is C49H79Cl2CsF5N7O7. The summed E-state index contributed by atoms with van der Waals surface area (Å²) in [5, 5.41) is 3.49. The van der Waals surface area contributed by atoms with Gasteiger partial charge in [0.25, 0.3) is 11.8 Å². The molecule has 1 saturated heterocycles. The van der Waals surface area contributed by atoms with Gasteiger partial charge in [0.1, 0.15) is 23.8 Å². The third kappa shape index (κ3) is 21.6. The molecule has 1 heterocycles. The number of nitrogens with zero attached hydrogens (tertiary/aromatic N) is 5. The SMILES string of the molecule is CN1CC(F)(F)CC1C(N)=O.C[CH-]C(=O)N(C)C(C)CCCCN(C)C(=O)C(CC)N(C)C(=O)[C@H](Cc1cc(Cl)ccc1Cl)[N+](C)(C)C(=O)[C@H](CC(C)C)NC=O.O=CC1(C(F)(F)F)CCCCC1.[CH3-].[Cs+]. The van der Waals surface area contributed by atoms with E-state index in [4.69, 9.17) is 28.9 Å². The third-order valence-electron chi connectivity index (χ3n) is 13.2. The average molecular weight is 1180 g/mol. The number of unbranched alkanes of at least 4 members (excludes halogenated alkanes) is 1. The molecule has 3 rings (SSSR count). The molecule has 3 unspecified atom stereocenters. The Labute approximate surface area is 488 Å². The van der Waals surface area contributed by atoms with Crippen molar-refractivity contribution in [2.45, 2.75) is 154 Å². The normalized spacial score (nSPS) is 17.9. The predicted molar refractivity (Wildman–Crippen MR) is 263 cm³/mol. The minimum absolute atomic E-state index is 0. The van der Waals surface area contributed by atoms with Crippen molar-refractivity contribution in [1.29, 1.82) is 0 Å². The second kappa shape index (κ2) is 32.4. The van der Waals surface area contributed by atoms with Gasteiger partial charge >= 0.3 is 81.0 Å². The van der Waals surface area contributed by atoms with Crippen LogP contribution in [0, 0.1) is 25.2 Å². The molecule has 0 spiro atoms. The molecule has 14 nitrogen and oxygen atoms in total. The summed E-state index contributed by atoms with van der Waals surface area (Å²) in [5.41, 5.74) is 3.47. The smallest absolute Gasteiger partial charge is 0.368 e. The Morgan fingerprint density at radius 2 is 1.56 bits per heavy atom. The Balaban J connectivity index is 0. The number of hydrogen-bond acceptors (Lipinski definition) is 8. The molecule has 0 aromatic heterocycles. The fourth-order valence-electron chi connectivity index (χ4n) is 8.57. The summed E-state index contributed by atoms with van der Waals surface area (Å²) in [4.78, 5) is 92.5. The molecule has 6 amide bonds. The van der Waals surface area contributed by atoms with Crippen LogP contribution in [0.4, 0.5) is 22.0 Å². The van der Waals surface area contributed by atoms with Gasteiger partial charge in [-0.2, -0.15) is 20.1 Å². The van der Waals surface area contributed by atoms with E-state index in [1.807, 2.05) is 27.7 Å². The van der Waals surface area contributed by atoms with Gasteiger partial charge < -0.3 is 49.2 Å². The molecule has 2 aliphatic rings. The number of primary amides is 1. The van der Waals surface area contributed by atoms with E-state index < -0.39 is 59.9 Å². The van der Waals surface area contributed by atoms with Crippen molar-refractivity contribution in [1.82, 2.24) is 24.9 Å². The number of alkyl halides is 5. The Morgan fingerprint density at radius 3 is 1.99 bits per heavy atom. The summed E-state index contributed by atoms with van der Waals surface area (Å²) in [6, 6.07) is 1.72. The molecule has 3 N–H and O–H groups in total. The van der Waals surface area contributed by atoms with Gasteiger partial charge in [-0.05, 0) is 88.6 Å². The van der Waals surface area contributed by atoms with E-state index >= 15 is 0 Å². The molecule has 2 fully saturated rings. The summed E-state index contributed by atoms with van der Waals surface area (Å²) in [6.07, 6.45) is 2.36. The van der Waals surface area contributed by atoms with Crippen LogP contribution in [0.15, 0.2) is 18.2 Å². The van der Waals surface area contributed by atoms with Crippen molar-refractivity contribution >= 4 is 65.4 Å². The van der Waals surface area contributed by atoms with Crippen molar-refractivity contribution in [3.63, 3.8) is 0 Å². The van der Waals surface area contributed by atoms with E-state index in [0.29, 0.717) is 54.2 Å². The maximum Gasteiger partial charge on any atom is 1.00 e. The Morgan fingerprint density at radius 1 is 0.986 bits per heavy atom. The van der Waals surface area contributed by atoms with Crippen LogP contribution in [-0.2, 0) is 40.0 Å². The Hall–Kier alpha value is -2.02. The van der Waals surface area contributed by atoms with E-state index in [1.54, 1.807) is 76.6 Å². The van der Waals surface area contributed by atoms with E-state index in [2.05, 4.69) is 5.32 Å². The zero-order chi connectivity index (χ0) is 53.2. The third-order valence-corrected chi connectivity index (χ3v) is 13.8. The number of carbonyl (C=O) groups is 7. The first-order chi connectivity index (χ1) is 31.9. The number of nitrogens with two attached hydrogens (primary N) is 1. The summed E-state index contributed by atoms with van der Waals surface area (Å²) in [5.74, 6) is -4.27. The molecule has 0 radical (unpaired) electrons. The largest absolute Gasteiger partial charge is 1.00 e. The molecule has 1 aromatic carbocycles. The number of nitrogens with one attached hydrogen (secondary N) is 1. The van der Waals surface area contributed by atoms with Gasteiger partial charge in [0.05, 0.1) is 32.6 Å². The van der Waals surface area contributed by atoms with Crippen LogP contribution in [0.5, 0.6) is 0 Å². The van der Waals surface area contributed by atoms with Crippen LogP contribution < -0.4 is 79.9 Å². The Kier molecular flexibility index (Phi) is 32.5. The number of halogens is 7. The van der Waals surface area contributed by atoms with Crippen molar-refractivity contribution in [2.24, 2.45) is 17.1 Å². The van der Waals surface area contributed by atoms with Crippen LogP contribution >= 0.6 is 23.2 Å².